The molecule has 0 fully saturated rings. The number of hydrogen-bond donors (Lipinski definition) is 0. The molecule has 1 nitrogen and oxygen atoms in total. The van der Waals surface area contributed by atoms with Crippen molar-refractivity contribution in [3.8, 4) is 0 Å². The van der Waals surface area contributed by atoms with Crippen LogP contribution >= 0.6 is 0 Å². The van der Waals surface area contributed by atoms with Crippen molar-refractivity contribution in [1.82, 2.24) is 4.98 Å². The minimum atomic E-state index is 0. The van der Waals surface area contributed by atoms with Gasteiger partial charge in [0.05, 0.1) is 5.52 Å². The van der Waals surface area contributed by atoms with Gasteiger partial charge in [0.25, 0.3) is 0 Å². The van der Waals surface area contributed by atoms with E-state index in [2.05, 4.69) is 17.1 Å². The molecule has 0 amide bonds. The monoisotopic (exact) mass is 161 g/mol. The van der Waals surface area contributed by atoms with Crippen LogP contribution in [0.25, 0.3) is 10.9 Å². The zero-order chi connectivity index (χ0) is 6.81. The SMILES string of the molecule is C.C.c1ccc2ncccc2c1. The van der Waals surface area contributed by atoms with E-state index >= 15 is 0 Å². The van der Waals surface area contributed by atoms with Crippen LogP contribution in [0.5, 0.6) is 0 Å². The van der Waals surface area contributed by atoms with Gasteiger partial charge in [-0.3, -0.25) is 4.98 Å². The largest absolute Gasteiger partial charge is 0.256 e. The molecule has 0 saturated carbocycles. The number of rotatable bonds is 0. The molecular weight excluding hydrogens is 146 g/mol. The molecule has 0 aliphatic heterocycles. The standard InChI is InChI=1S/C9H7N.2CH4/c1-2-6-9-8(4-1)5-3-7-10-9;;/h1-7H;2*1H4. The second-order valence-corrected chi connectivity index (χ2v) is 2.20. The molecule has 2 aromatic rings. The van der Waals surface area contributed by atoms with Crippen molar-refractivity contribution in [2.45, 2.75) is 14.9 Å². The van der Waals surface area contributed by atoms with Crippen molar-refractivity contribution in [1.29, 1.82) is 0 Å². The van der Waals surface area contributed by atoms with Crippen molar-refractivity contribution in [3.05, 3.63) is 42.6 Å². The second kappa shape index (κ2) is 4.50. The van der Waals surface area contributed by atoms with Crippen LogP contribution in [0, 0.1) is 0 Å². The van der Waals surface area contributed by atoms with Crippen molar-refractivity contribution in [2.75, 3.05) is 0 Å². The first-order valence-electron chi connectivity index (χ1n) is 3.26. The molecule has 1 aromatic heterocycles. The van der Waals surface area contributed by atoms with E-state index < -0.39 is 0 Å². The fraction of sp³-hybridized carbons (Fsp3) is 0.182. The molecule has 0 bridgehead atoms. The quantitative estimate of drug-likeness (QED) is 0.576. The zero-order valence-corrected chi connectivity index (χ0v) is 5.49. The summed E-state index contributed by atoms with van der Waals surface area (Å²) in [5, 5.41) is 1.20. The third kappa shape index (κ3) is 1.82. The molecule has 0 unspecified atom stereocenters. The molecule has 1 heteroatoms. The van der Waals surface area contributed by atoms with Crippen molar-refractivity contribution >= 4 is 10.9 Å². The highest BCUT2D eigenvalue weighted by atomic mass is 14.6. The number of pyridine rings is 1. The highest BCUT2D eigenvalue weighted by Gasteiger charge is 1.86. The van der Waals surface area contributed by atoms with Crippen LogP contribution in [0.4, 0.5) is 0 Å². The van der Waals surface area contributed by atoms with Crippen LogP contribution in [-0.2, 0) is 0 Å². The average molecular weight is 161 g/mol. The molecule has 12 heavy (non-hydrogen) atoms. The lowest BCUT2D eigenvalue weighted by molar-refractivity contribution is 1.41. The van der Waals surface area contributed by atoms with Gasteiger partial charge in [0.1, 0.15) is 0 Å². The van der Waals surface area contributed by atoms with Gasteiger partial charge >= 0.3 is 0 Å². The Morgan fingerprint density at radius 1 is 0.833 bits per heavy atom. The number of fused-ring (bicyclic) bond motifs is 1. The number of nitrogens with zero attached hydrogens (tertiary/aromatic N) is 1. The van der Waals surface area contributed by atoms with Gasteiger partial charge in [-0.2, -0.15) is 0 Å². The van der Waals surface area contributed by atoms with Gasteiger partial charge < -0.3 is 0 Å². The molecule has 0 aliphatic rings. The highest BCUT2D eigenvalue weighted by molar-refractivity contribution is 5.77. The van der Waals surface area contributed by atoms with Crippen molar-refractivity contribution in [3.63, 3.8) is 0 Å². The van der Waals surface area contributed by atoms with E-state index in [1.54, 1.807) is 0 Å². The lowest BCUT2D eigenvalue weighted by atomic mass is 10.2. The Bertz CT molecular complexity index is 276. The first-order valence-corrected chi connectivity index (χ1v) is 3.26. The van der Waals surface area contributed by atoms with E-state index in [9.17, 15) is 0 Å². The Morgan fingerprint density at radius 2 is 1.50 bits per heavy atom. The van der Waals surface area contributed by atoms with Gasteiger partial charge in [-0.05, 0) is 12.1 Å². The lowest BCUT2D eigenvalue weighted by Gasteiger charge is -1.91. The fourth-order valence-electron chi connectivity index (χ4n) is 1.02. The van der Waals surface area contributed by atoms with Crippen LogP contribution in [0.15, 0.2) is 42.6 Å². The summed E-state index contributed by atoms with van der Waals surface area (Å²) in [4.78, 5) is 4.18. The minimum Gasteiger partial charge on any atom is -0.256 e. The predicted octanol–water partition coefficient (Wildman–Crippen LogP) is 3.51. The van der Waals surface area contributed by atoms with E-state index in [1.165, 1.54) is 5.39 Å². The lowest BCUT2D eigenvalue weighted by Crippen LogP contribution is -1.73. The summed E-state index contributed by atoms with van der Waals surface area (Å²) in [6.07, 6.45) is 1.81. The Kier molecular flexibility index (Phi) is 3.98. The maximum Gasteiger partial charge on any atom is 0.0701 e. The van der Waals surface area contributed by atoms with Crippen LogP contribution < -0.4 is 0 Å². The fourth-order valence-corrected chi connectivity index (χ4v) is 1.02. The van der Waals surface area contributed by atoms with Crippen molar-refractivity contribution in [2.24, 2.45) is 0 Å². The van der Waals surface area contributed by atoms with Crippen LogP contribution in [0.2, 0.25) is 0 Å². The summed E-state index contributed by atoms with van der Waals surface area (Å²) >= 11 is 0. The summed E-state index contributed by atoms with van der Waals surface area (Å²) in [5.41, 5.74) is 1.06. The van der Waals surface area contributed by atoms with E-state index in [4.69, 9.17) is 0 Å². The molecule has 1 heterocycles. The molecule has 0 N–H and O–H groups in total. The van der Waals surface area contributed by atoms with Crippen LogP contribution in [-0.4, -0.2) is 4.98 Å². The second-order valence-electron chi connectivity index (χ2n) is 2.20. The number of aromatic nitrogens is 1. The third-order valence-electron chi connectivity index (χ3n) is 1.51. The topological polar surface area (TPSA) is 12.9 Å². The van der Waals surface area contributed by atoms with Crippen LogP contribution in [0.1, 0.15) is 14.9 Å². The Labute approximate surface area is 74.1 Å². The molecular formula is C11H15N. The summed E-state index contributed by atoms with van der Waals surface area (Å²) < 4.78 is 0. The molecule has 64 valence electrons. The molecule has 0 aliphatic carbocycles. The first kappa shape index (κ1) is 10.6. The zero-order valence-electron chi connectivity index (χ0n) is 5.49. The van der Waals surface area contributed by atoms with E-state index in [0.717, 1.165) is 5.52 Å². The van der Waals surface area contributed by atoms with Crippen LogP contribution in [0.3, 0.4) is 0 Å². The Hall–Kier alpha value is -1.37. The van der Waals surface area contributed by atoms with E-state index in [-0.39, 0.29) is 14.9 Å². The van der Waals surface area contributed by atoms with Gasteiger partial charge in [-0.1, -0.05) is 39.1 Å². The van der Waals surface area contributed by atoms with Gasteiger partial charge in [-0.25, -0.2) is 0 Å². The summed E-state index contributed by atoms with van der Waals surface area (Å²) in [6.45, 7) is 0. The average Bonchev–Trinajstić information content (AvgIpc) is 2.05. The maximum absolute atomic E-state index is 4.18. The normalized spacial score (nSPS) is 8.33. The van der Waals surface area contributed by atoms with Gasteiger partial charge in [0.2, 0.25) is 0 Å². The number of benzene rings is 1. The van der Waals surface area contributed by atoms with Gasteiger partial charge in [-0.15, -0.1) is 0 Å². The molecule has 0 atom stereocenters. The molecule has 2 rings (SSSR count). The maximum atomic E-state index is 4.18. The van der Waals surface area contributed by atoms with Gasteiger partial charge in [0.15, 0.2) is 0 Å². The molecule has 1 aromatic carbocycles. The summed E-state index contributed by atoms with van der Waals surface area (Å²) in [6, 6.07) is 12.1. The summed E-state index contributed by atoms with van der Waals surface area (Å²) in [5.74, 6) is 0. The van der Waals surface area contributed by atoms with Gasteiger partial charge in [0, 0.05) is 11.6 Å². The predicted molar refractivity (Wildman–Crippen MR) is 55.2 cm³/mol. The Balaban J connectivity index is 0.000000605. The first-order chi connectivity index (χ1) is 4.97. The number of para-hydroxylation sites is 1. The van der Waals surface area contributed by atoms with Crippen molar-refractivity contribution < 1.29 is 0 Å². The molecule has 0 radical (unpaired) electrons. The minimum absolute atomic E-state index is 0. The summed E-state index contributed by atoms with van der Waals surface area (Å²) in [7, 11) is 0. The highest BCUT2D eigenvalue weighted by Crippen LogP contribution is 2.07. The third-order valence-corrected chi connectivity index (χ3v) is 1.51. The molecule has 0 spiro atoms. The number of hydrogen-bond acceptors (Lipinski definition) is 1. The van der Waals surface area contributed by atoms with E-state index in [0.29, 0.717) is 0 Å². The van der Waals surface area contributed by atoms with E-state index in [1.807, 2.05) is 30.5 Å². The Morgan fingerprint density at radius 3 is 2.25 bits per heavy atom. The smallest absolute Gasteiger partial charge is 0.0701 e. The molecule has 0 saturated heterocycles.